The van der Waals surface area contributed by atoms with Crippen LogP contribution in [0, 0.1) is 5.82 Å². The van der Waals surface area contributed by atoms with Crippen molar-refractivity contribution in [3.63, 3.8) is 0 Å². The van der Waals surface area contributed by atoms with Crippen LogP contribution in [0.1, 0.15) is 15.9 Å². The Morgan fingerprint density at radius 2 is 1.65 bits per heavy atom. The Balaban J connectivity index is 1.37. The third kappa shape index (κ3) is 5.59. The van der Waals surface area contributed by atoms with Crippen LogP contribution in [0.25, 0.3) is 11.4 Å². The minimum Gasteiger partial charge on any atom is -0.348 e. The van der Waals surface area contributed by atoms with E-state index in [-0.39, 0.29) is 23.4 Å². The van der Waals surface area contributed by atoms with Crippen LogP contribution in [0.2, 0.25) is 0 Å². The Hall–Kier alpha value is -4.18. The fourth-order valence-electron chi connectivity index (χ4n) is 3.15. The molecular formula is C24H21FN6O2S. The Bertz CT molecular complexity index is 1290. The van der Waals surface area contributed by atoms with Gasteiger partial charge in [-0.3, -0.25) is 9.59 Å². The summed E-state index contributed by atoms with van der Waals surface area (Å²) in [5, 5.41) is 14.0. The van der Waals surface area contributed by atoms with Gasteiger partial charge < -0.3 is 16.5 Å². The summed E-state index contributed by atoms with van der Waals surface area (Å²) in [6.45, 7) is 0.375. The van der Waals surface area contributed by atoms with E-state index >= 15 is 0 Å². The van der Waals surface area contributed by atoms with Crippen LogP contribution in [-0.2, 0) is 11.3 Å². The van der Waals surface area contributed by atoms with Crippen LogP contribution in [0.3, 0.4) is 0 Å². The van der Waals surface area contributed by atoms with Crippen molar-refractivity contribution >= 4 is 29.3 Å². The Labute approximate surface area is 199 Å². The molecule has 0 aliphatic rings. The third-order valence-electron chi connectivity index (χ3n) is 4.84. The van der Waals surface area contributed by atoms with Gasteiger partial charge in [-0.1, -0.05) is 54.2 Å². The third-order valence-corrected chi connectivity index (χ3v) is 5.78. The quantitative estimate of drug-likeness (QED) is 0.265. The zero-order chi connectivity index (χ0) is 23.9. The lowest BCUT2D eigenvalue weighted by atomic mass is 10.1. The second-order valence-electron chi connectivity index (χ2n) is 7.23. The molecule has 172 valence electrons. The summed E-state index contributed by atoms with van der Waals surface area (Å²) in [5.74, 6) is 5.40. The summed E-state index contributed by atoms with van der Waals surface area (Å²) in [4.78, 5) is 25.2. The van der Waals surface area contributed by atoms with Gasteiger partial charge in [0, 0.05) is 12.1 Å². The number of para-hydroxylation sites is 1. The number of nitrogens with zero attached hydrogens (tertiary/aromatic N) is 3. The van der Waals surface area contributed by atoms with E-state index in [0.717, 1.165) is 17.3 Å². The van der Waals surface area contributed by atoms with E-state index in [9.17, 15) is 14.0 Å². The highest BCUT2D eigenvalue weighted by Crippen LogP contribution is 2.22. The van der Waals surface area contributed by atoms with Gasteiger partial charge >= 0.3 is 0 Å². The summed E-state index contributed by atoms with van der Waals surface area (Å²) in [6, 6.07) is 22.0. The van der Waals surface area contributed by atoms with Crippen molar-refractivity contribution in [1.29, 1.82) is 0 Å². The van der Waals surface area contributed by atoms with E-state index in [2.05, 4.69) is 20.8 Å². The van der Waals surface area contributed by atoms with E-state index in [1.165, 1.54) is 16.8 Å². The molecule has 4 N–H and O–H groups in total. The smallest absolute Gasteiger partial charge is 0.253 e. The molecule has 1 heterocycles. The molecular weight excluding hydrogens is 455 g/mol. The molecule has 34 heavy (non-hydrogen) atoms. The summed E-state index contributed by atoms with van der Waals surface area (Å²) >= 11 is 1.09. The Morgan fingerprint density at radius 3 is 2.41 bits per heavy atom. The summed E-state index contributed by atoms with van der Waals surface area (Å²) < 4.78 is 14.4. The number of hydrogen-bond acceptors (Lipinski definition) is 6. The van der Waals surface area contributed by atoms with Gasteiger partial charge in [0.1, 0.15) is 5.82 Å². The number of nitrogen functional groups attached to an aromatic ring is 1. The average Bonchev–Trinajstić information content (AvgIpc) is 3.23. The first-order valence-electron chi connectivity index (χ1n) is 10.3. The van der Waals surface area contributed by atoms with Gasteiger partial charge in [-0.25, -0.2) is 9.07 Å². The molecule has 2 amide bonds. The lowest BCUT2D eigenvalue weighted by molar-refractivity contribution is -0.113. The number of amides is 2. The molecule has 4 aromatic rings. The lowest BCUT2D eigenvalue weighted by Gasteiger charge is -2.11. The normalized spacial score (nSPS) is 10.6. The number of aromatic nitrogens is 3. The molecule has 0 aliphatic heterocycles. The van der Waals surface area contributed by atoms with E-state index in [1.54, 1.807) is 36.4 Å². The summed E-state index contributed by atoms with van der Waals surface area (Å²) in [5.41, 5.74) is 2.33. The molecule has 0 fully saturated rings. The van der Waals surface area contributed by atoms with Crippen LogP contribution in [-0.4, -0.2) is 32.4 Å². The molecule has 0 aliphatic carbocycles. The van der Waals surface area contributed by atoms with Crippen LogP contribution >= 0.6 is 11.8 Å². The van der Waals surface area contributed by atoms with Gasteiger partial charge in [0.25, 0.3) is 5.91 Å². The van der Waals surface area contributed by atoms with Crippen molar-refractivity contribution in [2.24, 2.45) is 0 Å². The second kappa shape index (κ2) is 10.6. The van der Waals surface area contributed by atoms with E-state index < -0.39 is 0 Å². The van der Waals surface area contributed by atoms with Gasteiger partial charge in [0.05, 0.1) is 17.0 Å². The van der Waals surface area contributed by atoms with Gasteiger partial charge in [-0.2, -0.15) is 0 Å². The predicted molar refractivity (Wildman–Crippen MR) is 129 cm³/mol. The van der Waals surface area contributed by atoms with E-state index in [1.807, 2.05) is 30.3 Å². The van der Waals surface area contributed by atoms with E-state index in [4.69, 9.17) is 5.84 Å². The largest absolute Gasteiger partial charge is 0.348 e. The first-order chi connectivity index (χ1) is 16.5. The maximum Gasteiger partial charge on any atom is 0.253 e. The number of thioether (sulfide) groups is 1. The van der Waals surface area contributed by atoms with Crippen LogP contribution in [0.5, 0.6) is 0 Å². The number of nitrogens with two attached hydrogens (primary N) is 1. The first-order valence-corrected chi connectivity index (χ1v) is 11.3. The number of carbonyl (C=O) groups is 2. The number of nitrogens with one attached hydrogen (secondary N) is 2. The number of hydrogen-bond donors (Lipinski definition) is 3. The van der Waals surface area contributed by atoms with Crippen molar-refractivity contribution in [3.05, 3.63) is 95.8 Å². The SMILES string of the molecule is Nn1c(SCC(=O)Nc2ccccc2C(=O)NCc2ccccc2)nnc1-c1ccc(F)cc1. The average molecular weight is 477 g/mol. The predicted octanol–water partition coefficient (Wildman–Crippen LogP) is 3.46. The van der Waals surface area contributed by atoms with Crippen molar-refractivity contribution in [3.8, 4) is 11.4 Å². The number of rotatable bonds is 8. The van der Waals surface area contributed by atoms with Gasteiger partial charge in [-0.15, -0.1) is 10.2 Å². The molecule has 8 nitrogen and oxygen atoms in total. The minimum atomic E-state index is -0.368. The zero-order valence-electron chi connectivity index (χ0n) is 17.9. The highest BCUT2D eigenvalue weighted by Gasteiger charge is 2.16. The molecule has 0 bridgehead atoms. The maximum atomic E-state index is 13.1. The maximum absolute atomic E-state index is 13.1. The number of benzene rings is 3. The Kier molecular flexibility index (Phi) is 7.19. The molecule has 0 atom stereocenters. The van der Waals surface area contributed by atoms with E-state index in [0.29, 0.717) is 34.3 Å². The molecule has 10 heteroatoms. The molecule has 3 aromatic carbocycles. The molecule has 1 aromatic heterocycles. The van der Waals surface area contributed by atoms with Gasteiger partial charge in [0.2, 0.25) is 11.1 Å². The molecule has 0 radical (unpaired) electrons. The molecule has 0 spiro atoms. The van der Waals surface area contributed by atoms with Crippen LogP contribution < -0.4 is 16.5 Å². The monoisotopic (exact) mass is 476 g/mol. The van der Waals surface area contributed by atoms with Crippen molar-refractivity contribution in [2.45, 2.75) is 11.7 Å². The summed E-state index contributed by atoms with van der Waals surface area (Å²) in [6.07, 6.45) is 0. The van der Waals surface area contributed by atoms with Crippen LogP contribution in [0.4, 0.5) is 10.1 Å². The molecule has 4 rings (SSSR count). The molecule has 0 unspecified atom stereocenters. The van der Waals surface area contributed by atoms with Gasteiger partial charge in [-0.05, 0) is 42.0 Å². The second-order valence-corrected chi connectivity index (χ2v) is 8.18. The lowest BCUT2D eigenvalue weighted by Crippen LogP contribution is -2.25. The number of halogens is 1. The van der Waals surface area contributed by atoms with Crippen molar-refractivity contribution < 1.29 is 14.0 Å². The van der Waals surface area contributed by atoms with Crippen molar-refractivity contribution in [2.75, 3.05) is 16.9 Å². The Morgan fingerprint density at radius 1 is 0.941 bits per heavy atom. The van der Waals surface area contributed by atoms with Gasteiger partial charge in [0.15, 0.2) is 5.82 Å². The number of anilines is 1. The topological polar surface area (TPSA) is 115 Å². The molecule has 0 saturated heterocycles. The fraction of sp³-hybridized carbons (Fsp3) is 0.0833. The number of carbonyl (C=O) groups excluding carboxylic acids is 2. The first kappa shape index (κ1) is 23.0. The highest BCUT2D eigenvalue weighted by molar-refractivity contribution is 7.99. The minimum absolute atomic E-state index is 0.00127. The zero-order valence-corrected chi connectivity index (χ0v) is 18.8. The molecule has 0 saturated carbocycles. The van der Waals surface area contributed by atoms with Crippen LogP contribution in [0.15, 0.2) is 84.0 Å². The highest BCUT2D eigenvalue weighted by atomic mass is 32.2. The standard InChI is InChI=1S/C24H21FN6O2S/c25-18-12-10-17(11-13-18)22-29-30-24(31(22)26)34-15-21(32)28-20-9-5-4-8-19(20)23(33)27-14-16-6-2-1-3-7-16/h1-13H,14-15,26H2,(H,27,33)(H,28,32). The van der Waals surface area contributed by atoms with Crippen molar-refractivity contribution in [1.82, 2.24) is 20.2 Å². The fourth-order valence-corrected chi connectivity index (χ4v) is 3.81. The summed E-state index contributed by atoms with van der Waals surface area (Å²) in [7, 11) is 0.